The number of hydrogen-bond donors (Lipinski definition) is 0. The normalized spacial score (nSPS) is 11.9. The maximum atomic E-state index is 6.59. The van der Waals surface area contributed by atoms with Crippen molar-refractivity contribution in [2.24, 2.45) is 0 Å². The second-order valence-electron chi connectivity index (χ2n) is 12.8. The van der Waals surface area contributed by atoms with Gasteiger partial charge in [0.1, 0.15) is 33.5 Å². The Hall–Kier alpha value is -7.05. The summed E-state index contributed by atoms with van der Waals surface area (Å²) in [6.45, 7) is 0. The summed E-state index contributed by atoms with van der Waals surface area (Å²) in [6.07, 6.45) is 0. The second-order valence-corrected chi connectivity index (χ2v) is 12.8. The van der Waals surface area contributed by atoms with E-state index >= 15 is 0 Å². The van der Waals surface area contributed by atoms with Crippen molar-refractivity contribution in [2.45, 2.75) is 0 Å². The first-order valence-corrected chi connectivity index (χ1v) is 16.8. The Morgan fingerprint density at radius 3 is 1.65 bits per heavy atom. The Morgan fingerprint density at radius 2 is 0.824 bits per heavy atom. The molecule has 7 aromatic carbocycles. The van der Waals surface area contributed by atoms with Gasteiger partial charge in [-0.3, -0.25) is 0 Å². The van der Waals surface area contributed by atoms with Crippen LogP contribution in [-0.2, 0) is 0 Å². The number of benzene rings is 7. The molecule has 4 aromatic heterocycles. The van der Waals surface area contributed by atoms with Gasteiger partial charge in [-0.15, -0.1) is 0 Å². The van der Waals surface area contributed by atoms with E-state index in [0.29, 0.717) is 17.5 Å². The molecule has 0 fully saturated rings. The van der Waals surface area contributed by atoms with E-state index in [9.17, 15) is 0 Å². The van der Waals surface area contributed by atoms with E-state index in [1.807, 2.05) is 97.1 Å². The Kier molecular flexibility index (Phi) is 5.86. The molecule has 0 amide bonds. The van der Waals surface area contributed by atoms with Crippen LogP contribution < -0.4 is 0 Å². The van der Waals surface area contributed by atoms with E-state index in [1.165, 1.54) is 0 Å². The highest BCUT2D eigenvalue weighted by molar-refractivity contribution is 6.11. The van der Waals surface area contributed by atoms with Crippen molar-refractivity contribution in [1.29, 1.82) is 0 Å². The van der Waals surface area contributed by atoms with Crippen LogP contribution in [0.2, 0.25) is 0 Å². The van der Waals surface area contributed by atoms with Crippen molar-refractivity contribution in [2.75, 3.05) is 0 Å². The van der Waals surface area contributed by atoms with E-state index in [-0.39, 0.29) is 0 Å². The van der Waals surface area contributed by atoms with Crippen molar-refractivity contribution in [3.8, 4) is 45.3 Å². The lowest BCUT2D eigenvalue weighted by Crippen LogP contribution is -2.00. The third-order valence-corrected chi connectivity index (χ3v) is 9.75. The summed E-state index contributed by atoms with van der Waals surface area (Å²) >= 11 is 0. The van der Waals surface area contributed by atoms with E-state index in [4.69, 9.17) is 28.2 Å². The van der Waals surface area contributed by atoms with Gasteiger partial charge in [0.15, 0.2) is 17.5 Å². The molecule has 0 unspecified atom stereocenters. The van der Waals surface area contributed by atoms with Crippen molar-refractivity contribution in [3.63, 3.8) is 0 Å². The number of hydrogen-bond acceptors (Lipinski definition) is 6. The molecule has 6 nitrogen and oxygen atoms in total. The van der Waals surface area contributed by atoms with Crippen LogP contribution in [0.4, 0.5) is 0 Å². The van der Waals surface area contributed by atoms with Gasteiger partial charge < -0.3 is 13.3 Å². The van der Waals surface area contributed by atoms with Gasteiger partial charge in [0, 0.05) is 43.4 Å². The van der Waals surface area contributed by atoms with Crippen molar-refractivity contribution in [3.05, 3.63) is 152 Å². The zero-order valence-corrected chi connectivity index (χ0v) is 27.0. The minimum atomic E-state index is 0.538. The van der Waals surface area contributed by atoms with Crippen LogP contribution >= 0.6 is 0 Å². The molecular formula is C45H25N3O3. The van der Waals surface area contributed by atoms with Gasteiger partial charge in [-0.2, -0.15) is 0 Å². The second kappa shape index (κ2) is 10.7. The summed E-state index contributed by atoms with van der Waals surface area (Å²) in [7, 11) is 0. The largest absolute Gasteiger partial charge is 0.456 e. The van der Waals surface area contributed by atoms with Crippen LogP contribution in [0.3, 0.4) is 0 Å². The van der Waals surface area contributed by atoms with E-state index in [2.05, 4.69) is 54.6 Å². The zero-order chi connectivity index (χ0) is 33.5. The number of rotatable bonds is 4. The third-order valence-electron chi connectivity index (χ3n) is 9.75. The molecule has 6 heteroatoms. The predicted octanol–water partition coefficient (Wildman–Crippen LogP) is 12.2. The number of nitrogens with zero attached hydrogens (tertiary/aromatic N) is 3. The molecule has 238 valence electrons. The minimum absolute atomic E-state index is 0.538. The average Bonchev–Trinajstić information content (AvgIpc) is 3.88. The Labute approximate surface area is 290 Å². The summed E-state index contributed by atoms with van der Waals surface area (Å²) in [5, 5.41) is 6.30. The lowest BCUT2D eigenvalue weighted by atomic mass is 10.0. The molecule has 0 aliphatic heterocycles. The number of aromatic nitrogens is 3. The predicted molar refractivity (Wildman–Crippen MR) is 203 cm³/mol. The van der Waals surface area contributed by atoms with Gasteiger partial charge in [-0.25, -0.2) is 15.0 Å². The first-order chi connectivity index (χ1) is 25.2. The Bertz CT molecular complexity index is 3150. The highest BCUT2D eigenvalue weighted by Crippen LogP contribution is 2.39. The number of fused-ring (bicyclic) bond motifs is 9. The topological polar surface area (TPSA) is 78.1 Å². The average molecular weight is 656 g/mol. The first-order valence-electron chi connectivity index (χ1n) is 16.8. The molecular weight excluding hydrogens is 631 g/mol. The van der Waals surface area contributed by atoms with Crippen molar-refractivity contribution in [1.82, 2.24) is 15.0 Å². The van der Waals surface area contributed by atoms with Gasteiger partial charge in [0.2, 0.25) is 0 Å². The maximum absolute atomic E-state index is 6.59. The molecule has 4 heterocycles. The van der Waals surface area contributed by atoms with Gasteiger partial charge in [-0.05, 0) is 71.8 Å². The van der Waals surface area contributed by atoms with Crippen LogP contribution in [-0.4, -0.2) is 15.0 Å². The number of para-hydroxylation sites is 3. The third kappa shape index (κ3) is 4.40. The number of furan rings is 3. The molecule has 0 saturated heterocycles. The smallest absolute Gasteiger partial charge is 0.167 e. The molecule has 0 aliphatic carbocycles. The highest BCUT2D eigenvalue weighted by Gasteiger charge is 2.19. The summed E-state index contributed by atoms with van der Waals surface area (Å²) < 4.78 is 18.9. The molecule has 0 radical (unpaired) electrons. The van der Waals surface area contributed by atoms with Crippen molar-refractivity contribution < 1.29 is 13.3 Å². The minimum Gasteiger partial charge on any atom is -0.456 e. The van der Waals surface area contributed by atoms with E-state index in [0.717, 1.165) is 93.6 Å². The van der Waals surface area contributed by atoms with E-state index < -0.39 is 0 Å². The Balaban J connectivity index is 1.07. The maximum Gasteiger partial charge on any atom is 0.167 e. The summed E-state index contributed by atoms with van der Waals surface area (Å²) in [5.74, 6) is 1.70. The fourth-order valence-corrected chi connectivity index (χ4v) is 7.27. The fraction of sp³-hybridized carbons (Fsp3) is 0. The molecule has 0 saturated carbocycles. The van der Waals surface area contributed by atoms with Gasteiger partial charge in [0.05, 0.1) is 5.56 Å². The summed E-state index contributed by atoms with van der Waals surface area (Å²) in [4.78, 5) is 15.1. The van der Waals surface area contributed by atoms with Crippen LogP contribution in [0.15, 0.2) is 165 Å². The molecule has 11 aromatic rings. The molecule has 0 aliphatic rings. The molecule has 0 spiro atoms. The van der Waals surface area contributed by atoms with Crippen LogP contribution in [0.5, 0.6) is 0 Å². The van der Waals surface area contributed by atoms with Gasteiger partial charge in [0.25, 0.3) is 0 Å². The monoisotopic (exact) mass is 655 g/mol. The first kappa shape index (κ1) is 27.9. The van der Waals surface area contributed by atoms with E-state index in [1.54, 1.807) is 0 Å². The lowest BCUT2D eigenvalue weighted by Gasteiger charge is -2.09. The molecule has 0 bridgehead atoms. The van der Waals surface area contributed by atoms with Gasteiger partial charge >= 0.3 is 0 Å². The zero-order valence-electron chi connectivity index (χ0n) is 27.0. The molecule has 0 atom stereocenters. The van der Waals surface area contributed by atoms with Crippen LogP contribution in [0.25, 0.3) is 111 Å². The standard InChI is InChI=1S/C45H25N3O3/c1-2-9-26(10-3-1)43-46-44(29-19-22-39-35(24-29)31-12-5-7-16-38(31)49-39)48-45(47-43)34-14-8-13-33-36-23-27(18-21-40(36)51-42(33)34)28-17-20-32-30-11-4-6-15-37(30)50-41(32)25-28/h1-25H. The summed E-state index contributed by atoms with van der Waals surface area (Å²) in [6, 6.07) is 51.2. The fourth-order valence-electron chi connectivity index (χ4n) is 7.27. The van der Waals surface area contributed by atoms with Crippen LogP contribution in [0.1, 0.15) is 0 Å². The van der Waals surface area contributed by atoms with Crippen LogP contribution in [0, 0.1) is 0 Å². The highest BCUT2D eigenvalue weighted by atomic mass is 16.3. The molecule has 11 rings (SSSR count). The quantitative estimate of drug-likeness (QED) is 0.188. The Morgan fingerprint density at radius 1 is 0.294 bits per heavy atom. The lowest BCUT2D eigenvalue weighted by molar-refractivity contribution is 0.668. The van der Waals surface area contributed by atoms with Crippen molar-refractivity contribution >= 4 is 65.8 Å². The summed E-state index contributed by atoms with van der Waals surface area (Å²) in [5.41, 5.74) is 9.67. The van der Waals surface area contributed by atoms with Gasteiger partial charge in [-0.1, -0.05) is 91.0 Å². The SMILES string of the molecule is c1ccc(-c2nc(-c3ccc4oc5ccccc5c4c3)nc(-c3cccc4c3oc3ccc(-c5ccc6c(c5)oc5ccccc56)cc34)n2)cc1. The molecule has 51 heavy (non-hydrogen) atoms. The molecule has 0 N–H and O–H groups in total.